The summed E-state index contributed by atoms with van der Waals surface area (Å²) in [5.74, 6) is 2.80. The van der Waals surface area contributed by atoms with Crippen LogP contribution in [0.25, 0.3) is 0 Å². The quantitative estimate of drug-likeness (QED) is 0.396. The van der Waals surface area contributed by atoms with Gasteiger partial charge in [0, 0.05) is 13.2 Å². The lowest BCUT2D eigenvalue weighted by Gasteiger charge is -2.43. The molecule has 0 radical (unpaired) electrons. The van der Waals surface area contributed by atoms with Gasteiger partial charge in [0.25, 0.3) is 8.32 Å². The van der Waals surface area contributed by atoms with E-state index < -0.39 is 19.9 Å². The Labute approximate surface area is 187 Å². The maximum atomic E-state index is 11.7. The standard InChI is InChI=1S/C26H33NO3Si/c1-5-26(18-12-20-27(26)24(28)29)19-13-21-30-31(25(2,3)4,22-14-8-6-9-15-22)23-16-10-7-11-17-23/h1,6-11,14-17H,12-13,18-21H2,2-4H3,(H,28,29). The number of benzene rings is 2. The molecule has 5 heteroatoms. The molecule has 1 fully saturated rings. The average molecular weight is 436 g/mol. The minimum atomic E-state index is -2.58. The second kappa shape index (κ2) is 9.29. The largest absolute Gasteiger partial charge is 0.465 e. The summed E-state index contributed by atoms with van der Waals surface area (Å²) in [4.78, 5) is 13.1. The first-order valence-corrected chi connectivity index (χ1v) is 12.9. The van der Waals surface area contributed by atoms with Crippen molar-refractivity contribution in [2.75, 3.05) is 13.2 Å². The lowest BCUT2D eigenvalue weighted by Crippen LogP contribution is -2.66. The number of rotatable bonds is 7. The Morgan fingerprint density at radius 3 is 2.13 bits per heavy atom. The van der Waals surface area contributed by atoms with Gasteiger partial charge in [-0.15, -0.1) is 6.42 Å². The van der Waals surface area contributed by atoms with Crippen molar-refractivity contribution in [3.8, 4) is 12.3 Å². The van der Waals surface area contributed by atoms with Crippen molar-refractivity contribution < 1.29 is 14.3 Å². The van der Waals surface area contributed by atoms with Crippen LogP contribution in [-0.2, 0) is 4.43 Å². The third-order valence-electron chi connectivity index (χ3n) is 6.46. The van der Waals surface area contributed by atoms with Crippen molar-refractivity contribution in [1.82, 2.24) is 4.90 Å². The number of carboxylic acid groups (broad SMARTS) is 1. The molecule has 4 nitrogen and oxygen atoms in total. The molecule has 2 aromatic rings. The first-order chi connectivity index (χ1) is 14.8. The molecule has 1 aliphatic rings. The van der Waals surface area contributed by atoms with Gasteiger partial charge in [-0.1, -0.05) is 87.4 Å². The number of hydrogen-bond donors (Lipinski definition) is 1. The third-order valence-corrected chi connectivity index (χ3v) is 11.5. The van der Waals surface area contributed by atoms with Crippen molar-refractivity contribution in [3.63, 3.8) is 0 Å². The zero-order valence-corrected chi connectivity index (χ0v) is 19.8. The van der Waals surface area contributed by atoms with Crippen LogP contribution in [0.3, 0.4) is 0 Å². The zero-order valence-electron chi connectivity index (χ0n) is 18.8. The summed E-state index contributed by atoms with van der Waals surface area (Å²) >= 11 is 0. The Morgan fingerprint density at radius 1 is 1.13 bits per heavy atom. The lowest BCUT2D eigenvalue weighted by atomic mass is 9.91. The predicted octanol–water partition coefficient (Wildman–Crippen LogP) is 4.49. The van der Waals surface area contributed by atoms with Crippen LogP contribution in [-0.4, -0.2) is 43.1 Å². The van der Waals surface area contributed by atoms with E-state index in [2.05, 4.69) is 75.2 Å². The summed E-state index contributed by atoms with van der Waals surface area (Å²) in [6, 6.07) is 21.1. The van der Waals surface area contributed by atoms with Gasteiger partial charge < -0.3 is 9.53 Å². The number of nitrogens with zero attached hydrogens (tertiary/aromatic N) is 1. The Morgan fingerprint density at radius 2 is 1.68 bits per heavy atom. The lowest BCUT2D eigenvalue weighted by molar-refractivity contribution is 0.117. The molecule has 0 spiro atoms. The van der Waals surface area contributed by atoms with Gasteiger partial charge >= 0.3 is 6.09 Å². The Kier molecular flexibility index (Phi) is 6.93. The van der Waals surface area contributed by atoms with Crippen LogP contribution in [0.15, 0.2) is 60.7 Å². The van der Waals surface area contributed by atoms with Crippen molar-refractivity contribution in [2.24, 2.45) is 0 Å². The molecule has 0 aromatic heterocycles. The number of amides is 1. The average Bonchev–Trinajstić information content (AvgIpc) is 3.19. The van der Waals surface area contributed by atoms with E-state index in [1.54, 1.807) is 0 Å². The normalized spacial score (nSPS) is 19.2. The molecule has 31 heavy (non-hydrogen) atoms. The molecule has 1 N–H and O–H groups in total. The Hall–Kier alpha value is -2.55. The number of hydrogen-bond acceptors (Lipinski definition) is 2. The van der Waals surface area contributed by atoms with Crippen LogP contribution < -0.4 is 10.4 Å². The number of likely N-dealkylation sites (tertiary alicyclic amines) is 1. The van der Waals surface area contributed by atoms with Crippen LogP contribution in [0.2, 0.25) is 5.04 Å². The van der Waals surface area contributed by atoms with E-state index in [1.807, 2.05) is 12.1 Å². The third kappa shape index (κ3) is 4.42. The van der Waals surface area contributed by atoms with Crippen LogP contribution >= 0.6 is 0 Å². The summed E-state index contributed by atoms with van der Waals surface area (Å²) in [6.45, 7) is 7.82. The van der Waals surface area contributed by atoms with Crippen LogP contribution in [0, 0.1) is 12.3 Å². The highest BCUT2D eigenvalue weighted by Gasteiger charge is 2.50. The second-order valence-corrected chi connectivity index (χ2v) is 13.6. The highest BCUT2D eigenvalue weighted by atomic mass is 28.4. The van der Waals surface area contributed by atoms with Crippen LogP contribution in [0.1, 0.15) is 46.5 Å². The predicted molar refractivity (Wildman–Crippen MR) is 128 cm³/mol. The van der Waals surface area contributed by atoms with Gasteiger partial charge in [-0.25, -0.2) is 4.79 Å². The van der Waals surface area contributed by atoms with Crippen molar-refractivity contribution in [1.29, 1.82) is 0 Å². The molecule has 1 amide bonds. The van der Waals surface area contributed by atoms with E-state index in [0.29, 0.717) is 19.6 Å². The van der Waals surface area contributed by atoms with Gasteiger partial charge in [0.15, 0.2) is 0 Å². The monoisotopic (exact) mass is 435 g/mol. The van der Waals surface area contributed by atoms with Gasteiger partial charge in [0.2, 0.25) is 0 Å². The van der Waals surface area contributed by atoms with Crippen molar-refractivity contribution in [3.05, 3.63) is 60.7 Å². The Bertz CT molecular complexity index is 878. The smallest absolute Gasteiger partial charge is 0.408 e. The van der Waals surface area contributed by atoms with Crippen molar-refractivity contribution in [2.45, 2.75) is 57.0 Å². The highest BCUT2D eigenvalue weighted by Crippen LogP contribution is 2.38. The fourth-order valence-corrected chi connectivity index (χ4v) is 9.60. The van der Waals surface area contributed by atoms with Gasteiger partial charge in [0.1, 0.15) is 5.54 Å². The first-order valence-electron chi connectivity index (χ1n) is 11.0. The zero-order chi connectivity index (χ0) is 22.5. The van der Waals surface area contributed by atoms with E-state index in [0.717, 1.165) is 19.3 Å². The van der Waals surface area contributed by atoms with Crippen molar-refractivity contribution >= 4 is 24.8 Å². The maximum Gasteiger partial charge on any atom is 0.408 e. The van der Waals surface area contributed by atoms with Crippen LogP contribution in [0.5, 0.6) is 0 Å². The van der Waals surface area contributed by atoms with E-state index >= 15 is 0 Å². The summed E-state index contributed by atoms with van der Waals surface area (Å²) < 4.78 is 6.92. The molecule has 0 bridgehead atoms. The summed E-state index contributed by atoms with van der Waals surface area (Å²) in [5.41, 5.74) is -0.708. The molecule has 1 unspecified atom stereocenters. The fourth-order valence-electron chi connectivity index (χ4n) is 4.99. The van der Waals surface area contributed by atoms with Gasteiger partial charge in [-0.05, 0) is 41.1 Å². The van der Waals surface area contributed by atoms with Gasteiger partial charge in [-0.3, -0.25) is 4.90 Å². The first kappa shape index (κ1) is 23.1. The second-order valence-electron chi connectivity index (χ2n) is 9.33. The molecule has 1 atom stereocenters. The van der Waals surface area contributed by atoms with E-state index in [-0.39, 0.29) is 5.04 Å². The molecule has 2 aromatic carbocycles. The molecule has 0 saturated carbocycles. The number of carbonyl (C=O) groups is 1. The Balaban J connectivity index is 1.87. The molecular formula is C26H33NO3Si. The topological polar surface area (TPSA) is 49.8 Å². The summed E-state index contributed by atoms with van der Waals surface area (Å²) in [7, 11) is -2.58. The van der Waals surface area contributed by atoms with Gasteiger partial charge in [-0.2, -0.15) is 0 Å². The molecule has 1 aliphatic heterocycles. The van der Waals surface area contributed by atoms with E-state index in [4.69, 9.17) is 10.8 Å². The SMILES string of the molecule is C#CC1(CCCO[Si](c2ccccc2)(c2ccccc2)C(C)(C)C)CCCN1C(=O)O. The van der Waals surface area contributed by atoms with Gasteiger partial charge in [0.05, 0.1) is 0 Å². The molecule has 3 rings (SSSR count). The molecule has 164 valence electrons. The van der Waals surface area contributed by atoms with E-state index in [9.17, 15) is 9.90 Å². The van der Waals surface area contributed by atoms with E-state index in [1.165, 1.54) is 15.3 Å². The molecule has 1 saturated heterocycles. The molecule has 0 aliphatic carbocycles. The fraction of sp³-hybridized carbons (Fsp3) is 0.423. The maximum absolute atomic E-state index is 11.7. The number of terminal acetylenes is 1. The molecular weight excluding hydrogens is 402 g/mol. The van der Waals surface area contributed by atoms with Crippen LogP contribution in [0.4, 0.5) is 4.79 Å². The molecule has 1 heterocycles. The minimum absolute atomic E-state index is 0.0834. The minimum Gasteiger partial charge on any atom is -0.465 e. The summed E-state index contributed by atoms with van der Waals surface area (Å²) in [5, 5.41) is 12.0. The summed E-state index contributed by atoms with van der Waals surface area (Å²) in [6.07, 6.45) is 7.77. The highest BCUT2D eigenvalue weighted by molar-refractivity contribution is 6.99.